The number of hydrogen-bond acceptors (Lipinski definition) is 4. The van der Waals surface area contributed by atoms with Crippen LogP contribution in [0.4, 0.5) is 0 Å². The van der Waals surface area contributed by atoms with Gasteiger partial charge in [0.15, 0.2) is 0 Å². The lowest BCUT2D eigenvalue weighted by Gasteiger charge is -2.27. The zero-order valence-corrected chi connectivity index (χ0v) is 14.9. The van der Waals surface area contributed by atoms with E-state index >= 15 is 0 Å². The quantitative estimate of drug-likeness (QED) is 0.638. The Bertz CT molecular complexity index is 859. The Balaban J connectivity index is 1.36. The smallest absolute Gasteiger partial charge is 0.232 e. The number of amides is 1. The number of hydrogen-bond donors (Lipinski definition) is 1. The lowest BCUT2D eigenvalue weighted by atomic mass is 9.87. The van der Waals surface area contributed by atoms with Crippen LogP contribution in [-0.2, 0) is 16.1 Å². The van der Waals surface area contributed by atoms with Crippen molar-refractivity contribution < 1.29 is 18.7 Å². The molecule has 1 amide bonds. The summed E-state index contributed by atoms with van der Waals surface area (Å²) in [4.78, 5) is 12.9. The summed E-state index contributed by atoms with van der Waals surface area (Å²) in [7, 11) is 0. The maximum absolute atomic E-state index is 12.9. The molecule has 0 bridgehead atoms. The van der Waals surface area contributed by atoms with Gasteiger partial charge in [0, 0.05) is 24.3 Å². The molecule has 0 unspecified atom stereocenters. The van der Waals surface area contributed by atoms with Crippen LogP contribution in [0.1, 0.15) is 29.2 Å². The molecule has 27 heavy (non-hydrogen) atoms. The number of rotatable bonds is 7. The van der Waals surface area contributed by atoms with Crippen LogP contribution in [-0.4, -0.2) is 19.1 Å². The molecule has 2 heterocycles. The number of fused-ring (bicyclic) bond motifs is 2. The average molecular weight is 363 g/mol. The van der Waals surface area contributed by atoms with Crippen molar-refractivity contribution in [2.24, 2.45) is 0 Å². The average Bonchev–Trinajstić information content (AvgIpc) is 3.22. The molecule has 0 spiro atoms. The highest BCUT2D eigenvalue weighted by Gasteiger charge is 2.31. The zero-order chi connectivity index (χ0) is 18.5. The van der Waals surface area contributed by atoms with Crippen molar-refractivity contribution in [1.82, 2.24) is 5.32 Å². The summed E-state index contributed by atoms with van der Waals surface area (Å²) >= 11 is 0. The first kappa shape index (κ1) is 17.4. The minimum absolute atomic E-state index is 0.0239. The number of furan rings is 1. The number of carbonyl (C=O) groups excluding carboxylic acids is 1. The van der Waals surface area contributed by atoms with E-state index in [1.165, 1.54) is 0 Å². The molecule has 5 heteroatoms. The summed E-state index contributed by atoms with van der Waals surface area (Å²) in [5, 5.41) is 3.03. The molecule has 1 aliphatic heterocycles. The van der Waals surface area contributed by atoms with Gasteiger partial charge in [-0.2, -0.15) is 0 Å². The van der Waals surface area contributed by atoms with Crippen molar-refractivity contribution in [3.05, 3.63) is 83.8 Å². The molecule has 0 aliphatic carbocycles. The Labute approximate surface area is 157 Å². The van der Waals surface area contributed by atoms with Crippen LogP contribution < -0.4 is 10.1 Å². The van der Waals surface area contributed by atoms with E-state index in [2.05, 4.69) is 5.32 Å². The topological polar surface area (TPSA) is 60.7 Å². The van der Waals surface area contributed by atoms with Gasteiger partial charge in [0.05, 0.1) is 12.2 Å². The fourth-order valence-electron chi connectivity index (χ4n) is 3.25. The van der Waals surface area contributed by atoms with Gasteiger partial charge in [-0.3, -0.25) is 4.79 Å². The molecule has 4 rings (SSSR count). The van der Waals surface area contributed by atoms with E-state index in [1.54, 1.807) is 6.26 Å². The summed E-state index contributed by atoms with van der Waals surface area (Å²) in [6.45, 7) is 1.56. The molecule has 2 aromatic carbocycles. The maximum atomic E-state index is 12.9. The van der Waals surface area contributed by atoms with Gasteiger partial charge in [0.2, 0.25) is 5.91 Å². The van der Waals surface area contributed by atoms with Crippen molar-refractivity contribution in [2.75, 3.05) is 13.2 Å². The van der Waals surface area contributed by atoms with E-state index in [0.717, 1.165) is 34.8 Å². The predicted octanol–water partition coefficient (Wildman–Crippen LogP) is 4.24. The van der Waals surface area contributed by atoms with Crippen LogP contribution in [0.3, 0.4) is 0 Å². The highest BCUT2D eigenvalue weighted by molar-refractivity contribution is 5.89. The molecule has 3 aromatic rings. The molecule has 1 aromatic heterocycles. The minimum atomic E-state index is -0.366. The van der Waals surface area contributed by atoms with Crippen LogP contribution in [0.2, 0.25) is 0 Å². The third kappa shape index (κ3) is 3.88. The molecule has 0 saturated heterocycles. The third-order valence-corrected chi connectivity index (χ3v) is 4.53. The number of nitrogens with one attached hydrogen (secondary N) is 1. The zero-order valence-electron chi connectivity index (χ0n) is 14.9. The molecule has 138 valence electrons. The molecule has 0 atom stereocenters. The van der Waals surface area contributed by atoms with Gasteiger partial charge in [0.1, 0.15) is 23.9 Å². The standard InChI is InChI=1S/C22H21NO4/c24-22(23-12-6-13-25-15-16-7-5-14-26-16)21-17-8-1-3-10-19(17)27-20-11-4-2-9-18(20)21/h1-5,7-11,14,21H,6,12-13,15H2,(H,23,24). The van der Waals surface area contributed by atoms with Gasteiger partial charge in [0.25, 0.3) is 0 Å². The maximum Gasteiger partial charge on any atom is 0.232 e. The predicted molar refractivity (Wildman–Crippen MR) is 101 cm³/mol. The molecule has 0 radical (unpaired) electrons. The van der Waals surface area contributed by atoms with Gasteiger partial charge in [-0.25, -0.2) is 0 Å². The van der Waals surface area contributed by atoms with E-state index < -0.39 is 0 Å². The minimum Gasteiger partial charge on any atom is -0.467 e. The van der Waals surface area contributed by atoms with Gasteiger partial charge in [-0.05, 0) is 30.7 Å². The van der Waals surface area contributed by atoms with Crippen molar-refractivity contribution in [1.29, 1.82) is 0 Å². The highest BCUT2D eigenvalue weighted by atomic mass is 16.5. The van der Waals surface area contributed by atoms with Crippen molar-refractivity contribution in [3.63, 3.8) is 0 Å². The van der Waals surface area contributed by atoms with Gasteiger partial charge in [-0.1, -0.05) is 36.4 Å². The number of para-hydroxylation sites is 2. The van der Waals surface area contributed by atoms with E-state index in [9.17, 15) is 4.79 Å². The fraction of sp³-hybridized carbons (Fsp3) is 0.227. The summed E-state index contributed by atoms with van der Waals surface area (Å²) in [6.07, 6.45) is 2.36. The molecular weight excluding hydrogens is 342 g/mol. The van der Waals surface area contributed by atoms with Gasteiger partial charge in [-0.15, -0.1) is 0 Å². The summed E-state index contributed by atoms with van der Waals surface area (Å²) in [5.74, 6) is 1.88. The largest absolute Gasteiger partial charge is 0.467 e. The first-order valence-corrected chi connectivity index (χ1v) is 9.06. The van der Waals surface area contributed by atoms with E-state index in [4.69, 9.17) is 13.9 Å². The van der Waals surface area contributed by atoms with Gasteiger partial charge < -0.3 is 19.2 Å². The van der Waals surface area contributed by atoms with Crippen molar-refractivity contribution >= 4 is 5.91 Å². The van der Waals surface area contributed by atoms with E-state index in [1.807, 2.05) is 60.7 Å². The fourth-order valence-corrected chi connectivity index (χ4v) is 3.25. The molecular formula is C22H21NO4. The van der Waals surface area contributed by atoms with Crippen LogP contribution >= 0.6 is 0 Å². The second-order valence-corrected chi connectivity index (χ2v) is 6.39. The van der Waals surface area contributed by atoms with Crippen molar-refractivity contribution in [2.45, 2.75) is 18.9 Å². The molecule has 1 aliphatic rings. The lowest BCUT2D eigenvalue weighted by molar-refractivity contribution is -0.121. The Kier molecular flexibility index (Phi) is 5.21. The van der Waals surface area contributed by atoms with E-state index in [0.29, 0.717) is 19.8 Å². The van der Waals surface area contributed by atoms with Crippen LogP contribution in [0.15, 0.2) is 71.3 Å². The first-order valence-electron chi connectivity index (χ1n) is 9.06. The molecule has 5 nitrogen and oxygen atoms in total. The second-order valence-electron chi connectivity index (χ2n) is 6.39. The third-order valence-electron chi connectivity index (χ3n) is 4.53. The van der Waals surface area contributed by atoms with Crippen LogP contribution in [0.25, 0.3) is 0 Å². The van der Waals surface area contributed by atoms with Crippen LogP contribution in [0.5, 0.6) is 11.5 Å². The lowest BCUT2D eigenvalue weighted by Crippen LogP contribution is -2.32. The summed E-state index contributed by atoms with van der Waals surface area (Å²) < 4.78 is 16.7. The van der Waals surface area contributed by atoms with Gasteiger partial charge >= 0.3 is 0 Å². The van der Waals surface area contributed by atoms with Crippen LogP contribution in [0, 0.1) is 0 Å². The molecule has 0 fully saturated rings. The number of benzene rings is 2. The second kappa shape index (κ2) is 8.10. The summed E-state index contributed by atoms with van der Waals surface area (Å²) in [6, 6.07) is 19.1. The van der Waals surface area contributed by atoms with E-state index in [-0.39, 0.29) is 11.8 Å². The molecule has 1 N–H and O–H groups in total. The number of ether oxygens (including phenoxy) is 2. The Morgan fingerprint density at radius 2 is 1.67 bits per heavy atom. The highest BCUT2D eigenvalue weighted by Crippen LogP contribution is 2.43. The van der Waals surface area contributed by atoms with Crippen molar-refractivity contribution in [3.8, 4) is 11.5 Å². The Morgan fingerprint density at radius 3 is 2.33 bits per heavy atom. The normalized spacial score (nSPS) is 12.7. The monoisotopic (exact) mass is 363 g/mol. The molecule has 0 saturated carbocycles. The number of carbonyl (C=O) groups is 1. The first-order chi connectivity index (χ1) is 13.3. The summed E-state index contributed by atoms with van der Waals surface area (Å²) in [5.41, 5.74) is 1.78. The Morgan fingerprint density at radius 1 is 0.963 bits per heavy atom. The SMILES string of the molecule is O=C(NCCCOCc1ccco1)C1c2ccccc2Oc2ccccc21. The Hall–Kier alpha value is -3.05.